The van der Waals surface area contributed by atoms with Gasteiger partial charge in [0, 0.05) is 32.6 Å². The first-order chi connectivity index (χ1) is 9.47. The van der Waals surface area contributed by atoms with E-state index in [4.69, 9.17) is 10.2 Å². The lowest BCUT2D eigenvalue weighted by Gasteiger charge is -2.32. The summed E-state index contributed by atoms with van der Waals surface area (Å²) in [5, 5.41) is 0. The van der Waals surface area contributed by atoms with Crippen molar-refractivity contribution in [2.75, 3.05) is 40.3 Å². The van der Waals surface area contributed by atoms with Crippen LogP contribution in [0.3, 0.4) is 0 Å². The van der Waals surface area contributed by atoms with Gasteiger partial charge in [0.2, 0.25) is 0 Å². The highest BCUT2D eigenvalue weighted by Crippen LogP contribution is 2.23. The highest BCUT2D eigenvalue weighted by atomic mass is 16.3. The van der Waals surface area contributed by atoms with Crippen molar-refractivity contribution in [2.24, 2.45) is 11.7 Å². The van der Waals surface area contributed by atoms with Gasteiger partial charge in [-0.15, -0.1) is 0 Å². The third-order valence-corrected chi connectivity index (χ3v) is 3.46. The summed E-state index contributed by atoms with van der Waals surface area (Å²) in [5.41, 5.74) is 6.02. The van der Waals surface area contributed by atoms with Crippen molar-refractivity contribution in [3.05, 3.63) is 23.7 Å². The van der Waals surface area contributed by atoms with Gasteiger partial charge >= 0.3 is 0 Å². The fraction of sp³-hybridized carbons (Fsp3) is 0.750. The first-order valence-electron chi connectivity index (χ1n) is 7.65. The Morgan fingerprint density at radius 2 is 1.90 bits per heavy atom. The zero-order chi connectivity index (χ0) is 15.1. The number of nitrogens with zero attached hydrogens (tertiary/aromatic N) is 2. The number of likely N-dealkylation sites (N-methyl/N-ethyl adjacent to an activating group) is 1. The van der Waals surface area contributed by atoms with Crippen molar-refractivity contribution in [2.45, 2.75) is 33.2 Å². The van der Waals surface area contributed by atoms with Gasteiger partial charge < -0.3 is 15.1 Å². The van der Waals surface area contributed by atoms with Crippen LogP contribution in [0.15, 0.2) is 16.5 Å². The lowest BCUT2D eigenvalue weighted by atomic mass is 10.1. The maximum Gasteiger partial charge on any atom is 0.122 e. The van der Waals surface area contributed by atoms with Gasteiger partial charge in [0.05, 0.1) is 6.04 Å². The van der Waals surface area contributed by atoms with Crippen LogP contribution in [0.4, 0.5) is 0 Å². The van der Waals surface area contributed by atoms with E-state index in [2.05, 4.69) is 56.8 Å². The summed E-state index contributed by atoms with van der Waals surface area (Å²) in [4.78, 5) is 4.66. The maximum absolute atomic E-state index is 6.02. The average Bonchev–Trinajstić information content (AvgIpc) is 2.84. The monoisotopic (exact) mass is 281 g/mol. The molecule has 0 aliphatic rings. The topological polar surface area (TPSA) is 45.6 Å². The molecule has 4 nitrogen and oxygen atoms in total. The highest BCUT2D eigenvalue weighted by Gasteiger charge is 2.22. The molecule has 116 valence electrons. The maximum atomic E-state index is 6.02. The summed E-state index contributed by atoms with van der Waals surface area (Å²) in [6, 6.07) is 4.33. The zero-order valence-corrected chi connectivity index (χ0v) is 13.7. The molecule has 0 radical (unpaired) electrons. The van der Waals surface area contributed by atoms with Crippen LogP contribution in [0, 0.1) is 5.92 Å². The first-order valence-corrected chi connectivity index (χ1v) is 7.65. The van der Waals surface area contributed by atoms with Gasteiger partial charge in [-0.25, -0.2) is 0 Å². The number of rotatable bonds is 9. The largest absolute Gasteiger partial charge is 0.464 e. The average molecular weight is 281 g/mol. The van der Waals surface area contributed by atoms with E-state index in [1.54, 1.807) is 0 Å². The molecule has 0 bridgehead atoms. The molecule has 0 spiro atoms. The molecule has 1 unspecified atom stereocenters. The van der Waals surface area contributed by atoms with Crippen LogP contribution in [0.5, 0.6) is 0 Å². The summed E-state index contributed by atoms with van der Waals surface area (Å²) in [6.07, 6.45) is 0.930. The van der Waals surface area contributed by atoms with Gasteiger partial charge in [-0.2, -0.15) is 0 Å². The normalized spacial score (nSPS) is 13.7. The summed E-state index contributed by atoms with van der Waals surface area (Å²) >= 11 is 0. The van der Waals surface area contributed by atoms with E-state index < -0.39 is 0 Å². The van der Waals surface area contributed by atoms with Gasteiger partial charge in [-0.05, 0) is 32.1 Å². The molecule has 1 aromatic rings. The molecular weight excluding hydrogens is 250 g/mol. The number of hydrogen-bond donors (Lipinski definition) is 1. The van der Waals surface area contributed by atoms with Crippen LogP contribution in [-0.4, -0.2) is 50.1 Å². The van der Waals surface area contributed by atoms with E-state index in [1.165, 1.54) is 0 Å². The quantitative estimate of drug-likeness (QED) is 0.755. The Labute approximate surface area is 123 Å². The van der Waals surface area contributed by atoms with E-state index in [1.807, 2.05) is 0 Å². The van der Waals surface area contributed by atoms with E-state index in [0.29, 0.717) is 12.5 Å². The molecule has 20 heavy (non-hydrogen) atoms. The molecule has 0 aromatic carbocycles. The van der Waals surface area contributed by atoms with Crippen molar-refractivity contribution in [1.29, 1.82) is 0 Å². The minimum atomic E-state index is 0.178. The van der Waals surface area contributed by atoms with Crippen LogP contribution in [0.1, 0.15) is 38.3 Å². The molecule has 0 saturated heterocycles. The first kappa shape index (κ1) is 17.2. The fourth-order valence-corrected chi connectivity index (χ4v) is 2.38. The summed E-state index contributed by atoms with van der Waals surface area (Å²) in [6.45, 7) is 10.3. The molecule has 1 rings (SSSR count). The number of nitrogens with two attached hydrogens (primary N) is 1. The summed E-state index contributed by atoms with van der Waals surface area (Å²) in [7, 11) is 4.21. The SMILES string of the molecule is CCc1ccc(C(CN)N(CCN(C)C)CC(C)C)o1. The second-order valence-electron chi connectivity index (χ2n) is 6.10. The van der Waals surface area contributed by atoms with Crippen LogP contribution >= 0.6 is 0 Å². The second kappa shape index (κ2) is 8.45. The zero-order valence-electron chi connectivity index (χ0n) is 13.7. The highest BCUT2D eigenvalue weighted by molar-refractivity contribution is 5.11. The van der Waals surface area contributed by atoms with Crippen molar-refractivity contribution in [3.63, 3.8) is 0 Å². The van der Waals surface area contributed by atoms with Crippen molar-refractivity contribution in [1.82, 2.24) is 9.80 Å². The molecular formula is C16H31N3O. The van der Waals surface area contributed by atoms with Crippen LogP contribution in [0.2, 0.25) is 0 Å². The molecule has 0 aliphatic heterocycles. The van der Waals surface area contributed by atoms with Gasteiger partial charge in [0.15, 0.2) is 0 Å². The van der Waals surface area contributed by atoms with E-state index in [9.17, 15) is 0 Å². The Balaban J connectivity index is 2.82. The van der Waals surface area contributed by atoms with Crippen molar-refractivity contribution in [3.8, 4) is 0 Å². The Morgan fingerprint density at radius 3 is 2.35 bits per heavy atom. The lowest BCUT2D eigenvalue weighted by Crippen LogP contribution is -2.40. The predicted octanol–water partition coefficient (Wildman–Crippen LogP) is 2.36. The Kier molecular flexibility index (Phi) is 7.27. The molecule has 1 heterocycles. The molecule has 0 fully saturated rings. The Morgan fingerprint density at radius 1 is 1.20 bits per heavy atom. The standard InChI is InChI=1S/C16H31N3O/c1-6-14-7-8-16(20-14)15(11-17)19(12-13(2)3)10-9-18(4)5/h7-8,13,15H,6,9-12,17H2,1-5H3. The third kappa shape index (κ3) is 5.27. The van der Waals surface area contributed by atoms with E-state index in [-0.39, 0.29) is 6.04 Å². The third-order valence-electron chi connectivity index (χ3n) is 3.46. The van der Waals surface area contributed by atoms with Gasteiger partial charge in [-0.3, -0.25) is 4.90 Å². The molecule has 0 amide bonds. The van der Waals surface area contributed by atoms with E-state index in [0.717, 1.165) is 37.6 Å². The number of furan rings is 1. The van der Waals surface area contributed by atoms with E-state index >= 15 is 0 Å². The lowest BCUT2D eigenvalue weighted by molar-refractivity contribution is 0.146. The van der Waals surface area contributed by atoms with Crippen molar-refractivity contribution >= 4 is 0 Å². The summed E-state index contributed by atoms with van der Waals surface area (Å²) in [5.74, 6) is 2.66. The summed E-state index contributed by atoms with van der Waals surface area (Å²) < 4.78 is 5.92. The Bertz CT molecular complexity index is 374. The smallest absolute Gasteiger partial charge is 0.122 e. The fourth-order valence-electron chi connectivity index (χ4n) is 2.38. The molecule has 1 aromatic heterocycles. The number of hydrogen-bond acceptors (Lipinski definition) is 4. The molecule has 4 heteroatoms. The van der Waals surface area contributed by atoms with Crippen LogP contribution < -0.4 is 5.73 Å². The number of aryl methyl sites for hydroxylation is 1. The predicted molar refractivity (Wildman–Crippen MR) is 84.8 cm³/mol. The van der Waals surface area contributed by atoms with Crippen LogP contribution in [0.25, 0.3) is 0 Å². The van der Waals surface area contributed by atoms with Gasteiger partial charge in [0.1, 0.15) is 11.5 Å². The van der Waals surface area contributed by atoms with Gasteiger partial charge in [-0.1, -0.05) is 20.8 Å². The minimum Gasteiger partial charge on any atom is -0.464 e. The van der Waals surface area contributed by atoms with Crippen molar-refractivity contribution < 1.29 is 4.42 Å². The molecule has 2 N–H and O–H groups in total. The minimum absolute atomic E-state index is 0.178. The molecule has 1 atom stereocenters. The second-order valence-corrected chi connectivity index (χ2v) is 6.10. The van der Waals surface area contributed by atoms with Gasteiger partial charge in [0.25, 0.3) is 0 Å². The molecule has 0 saturated carbocycles. The molecule has 0 aliphatic carbocycles. The Hall–Kier alpha value is -0.840. The van der Waals surface area contributed by atoms with Crippen LogP contribution in [-0.2, 0) is 6.42 Å².